The van der Waals surface area contributed by atoms with E-state index in [1.165, 1.54) is 5.56 Å². The molecule has 4 nitrogen and oxygen atoms in total. The summed E-state index contributed by atoms with van der Waals surface area (Å²) in [5, 5.41) is 8.96. The second-order valence-electron chi connectivity index (χ2n) is 6.58. The van der Waals surface area contributed by atoms with Crippen LogP contribution in [-0.4, -0.2) is 27.5 Å². The van der Waals surface area contributed by atoms with Crippen molar-refractivity contribution in [1.29, 1.82) is 0 Å². The molecule has 1 aliphatic rings. The third-order valence-corrected chi connectivity index (χ3v) is 4.30. The molecule has 1 N–H and O–H groups in total. The molecular formula is C18H20N2O2. The summed E-state index contributed by atoms with van der Waals surface area (Å²) in [5.41, 5.74) is 2.93. The van der Waals surface area contributed by atoms with E-state index in [0.29, 0.717) is 11.6 Å². The summed E-state index contributed by atoms with van der Waals surface area (Å²) in [6, 6.07) is 11.6. The van der Waals surface area contributed by atoms with Gasteiger partial charge in [-0.1, -0.05) is 32.0 Å². The van der Waals surface area contributed by atoms with E-state index in [0.717, 1.165) is 18.7 Å². The molecule has 4 heteroatoms. The molecule has 0 saturated carbocycles. The molecule has 0 bridgehead atoms. The van der Waals surface area contributed by atoms with E-state index in [2.05, 4.69) is 29.8 Å². The van der Waals surface area contributed by atoms with Crippen molar-refractivity contribution < 1.29 is 9.90 Å². The van der Waals surface area contributed by atoms with Crippen LogP contribution < -0.4 is 0 Å². The van der Waals surface area contributed by atoms with Crippen LogP contribution in [0.4, 0.5) is 0 Å². The molecule has 1 aliphatic heterocycles. The van der Waals surface area contributed by atoms with Gasteiger partial charge in [-0.2, -0.15) is 0 Å². The topological polar surface area (TPSA) is 53.4 Å². The molecule has 0 radical (unpaired) electrons. The zero-order valence-electron chi connectivity index (χ0n) is 12.9. The fourth-order valence-corrected chi connectivity index (χ4v) is 3.42. The highest BCUT2D eigenvalue weighted by Gasteiger charge is 2.46. The highest BCUT2D eigenvalue weighted by Crippen LogP contribution is 2.48. The monoisotopic (exact) mass is 296 g/mol. The number of rotatable bonds is 4. The van der Waals surface area contributed by atoms with E-state index in [-0.39, 0.29) is 5.41 Å². The van der Waals surface area contributed by atoms with Gasteiger partial charge in [0.15, 0.2) is 0 Å². The average Bonchev–Trinajstić information content (AvgIpc) is 2.47. The zero-order valence-corrected chi connectivity index (χ0v) is 12.9. The third-order valence-electron chi connectivity index (χ3n) is 4.30. The van der Waals surface area contributed by atoms with Gasteiger partial charge in [-0.15, -0.1) is 0 Å². The number of nitrogens with zero attached hydrogens (tertiary/aromatic N) is 2. The normalized spacial score (nSPS) is 20.4. The van der Waals surface area contributed by atoms with Crippen molar-refractivity contribution in [2.45, 2.75) is 26.4 Å². The first-order valence-corrected chi connectivity index (χ1v) is 7.43. The molecule has 1 aromatic carbocycles. The van der Waals surface area contributed by atoms with Gasteiger partial charge in [0.25, 0.3) is 0 Å². The fraction of sp³-hybridized carbons (Fsp3) is 0.333. The Balaban J connectivity index is 1.76. The van der Waals surface area contributed by atoms with Gasteiger partial charge in [-0.25, -0.2) is 4.79 Å². The molecular weight excluding hydrogens is 276 g/mol. The molecule has 1 atom stereocenters. The Morgan fingerprint density at radius 2 is 2.05 bits per heavy atom. The quantitative estimate of drug-likeness (QED) is 0.940. The largest absolute Gasteiger partial charge is 0.478 e. The van der Waals surface area contributed by atoms with Crippen LogP contribution in [0, 0.1) is 5.41 Å². The SMILES string of the molecule is CC1(C)CN(Cc2ccc(C(=O)O)cc2)C1c1cccnc1. The van der Waals surface area contributed by atoms with Gasteiger partial charge >= 0.3 is 5.97 Å². The number of carbonyl (C=O) groups is 1. The van der Waals surface area contributed by atoms with Gasteiger partial charge in [0.05, 0.1) is 5.56 Å². The van der Waals surface area contributed by atoms with Crippen molar-refractivity contribution in [1.82, 2.24) is 9.88 Å². The summed E-state index contributed by atoms with van der Waals surface area (Å²) in [6.07, 6.45) is 3.73. The molecule has 0 spiro atoms. The molecule has 2 aromatic rings. The number of likely N-dealkylation sites (tertiary alicyclic amines) is 1. The van der Waals surface area contributed by atoms with Crippen LogP contribution in [0.5, 0.6) is 0 Å². The Hall–Kier alpha value is -2.20. The Morgan fingerprint density at radius 1 is 1.32 bits per heavy atom. The Kier molecular flexibility index (Phi) is 3.71. The van der Waals surface area contributed by atoms with Gasteiger partial charge in [0.1, 0.15) is 0 Å². The number of pyridine rings is 1. The van der Waals surface area contributed by atoms with Crippen molar-refractivity contribution in [2.24, 2.45) is 5.41 Å². The predicted molar refractivity (Wildman–Crippen MR) is 84.6 cm³/mol. The molecule has 0 aliphatic carbocycles. The van der Waals surface area contributed by atoms with Crippen LogP contribution in [0.1, 0.15) is 41.4 Å². The highest BCUT2D eigenvalue weighted by molar-refractivity contribution is 5.87. The first-order chi connectivity index (χ1) is 10.5. The number of benzene rings is 1. The van der Waals surface area contributed by atoms with Gasteiger partial charge in [0.2, 0.25) is 0 Å². The second kappa shape index (κ2) is 5.54. The van der Waals surface area contributed by atoms with Gasteiger partial charge in [-0.05, 0) is 34.7 Å². The van der Waals surface area contributed by atoms with Crippen LogP contribution in [0.25, 0.3) is 0 Å². The summed E-state index contributed by atoms with van der Waals surface area (Å²) in [5.74, 6) is -0.884. The van der Waals surface area contributed by atoms with E-state index >= 15 is 0 Å². The second-order valence-corrected chi connectivity index (χ2v) is 6.58. The first kappa shape index (κ1) is 14.7. The summed E-state index contributed by atoms with van der Waals surface area (Å²) < 4.78 is 0. The minimum Gasteiger partial charge on any atom is -0.478 e. The van der Waals surface area contributed by atoms with Crippen LogP contribution >= 0.6 is 0 Å². The Labute approximate surface area is 130 Å². The lowest BCUT2D eigenvalue weighted by molar-refractivity contribution is -0.0589. The first-order valence-electron chi connectivity index (χ1n) is 7.43. The van der Waals surface area contributed by atoms with Crippen LogP contribution in [0.2, 0.25) is 0 Å². The van der Waals surface area contributed by atoms with Crippen LogP contribution in [-0.2, 0) is 6.54 Å². The van der Waals surface area contributed by atoms with E-state index in [1.807, 2.05) is 24.4 Å². The molecule has 0 amide bonds. The molecule has 114 valence electrons. The van der Waals surface area contributed by atoms with E-state index < -0.39 is 5.97 Å². The number of hydrogen-bond donors (Lipinski definition) is 1. The van der Waals surface area contributed by atoms with Crippen molar-refractivity contribution >= 4 is 5.97 Å². The number of aromatic carboxylic acids is 1. The fourth-order valence-electron chi connectivity index (χ4n) is 3.42. The van der Waals surface area contributed by atoms with E-state index in [1.54, 1.807) is 18.3 Å². The Morgan fingerprint density at radius 3 is 2.59 bits per heavy atom. The van der Waals surface area contributed by atoms with Crippen molar-refractivity contribution in [2.75, 3.05) is 6.54 Å². The smallest absolute Gasteiger partial charge is 0.335 e. The van der Waals surface area contributed by atoms with Crippen molar-refractivity contribution in [3.63, 3.8) is 0 Å². The van der Waals surface area contributed by atoms with Crippen molar-refractivity contribution in [3.05, 3.63) is 65.5 Å². The van der Waals surface area contributed by atoms with E-state index in [9.17, 15) is 4.79 Å². The van der Waals surface area contributed by atoms with Gasteiger partial charge in [-0.3, -0.25) is 9.88 Å². The Bertz CT molecular complexity index is 665. The molecule has 1 fully saturated rings. The van der Waals surface area contributed by atoms with Gasteiger partial charge in [0, 0.05) is 31.5 Å². The highest BCUT2D eigenvalue weighted by atomic mass is 16.4. The molecule has 1 aromatic heterocycles. The molecule has 2 heterocycles. The summed E-state index contributed by atoms with van der Waals surface area (Å²) in [4.78, 5) is 17.5. The lowest BCUT2D eigenvalue weighted by Gasteiger charge is -2.54. The summed E-state index contributed by atoms with van der Waals surface area (Å²) in [6.45, 7) is 6.39. The molecule has 22 heavy (non-hydrogen) atoms. The maximum atomic E-state index is 10.9. The zero-order chi connectivity index (χ0) is 15.7. The lowest BCUT2D eigenvalue weighted by atomic mass is 9.72. The standard InChI is InChI=1S/C18H20N2O2/c1-18(2)12-20(16(18)15-4-3-9-19-10-15)11-13-5-7-14(8-6-13)17(21)22/h3-10,16H,11-12H2,1-2H3,(H,21,22). The lowest BCUT2D eigenvalue weighted by Crippen LogP contribution is -2.54. The van der Waals surface area contributed by atoms with Gasteiger partial charge < -0.3 is 5.11 Å². The summed E-state index contributed by atoms with van der Waals surface area (Å²) in [7, 11) is 0. The van der Waals surface area contributed by atoms with Crippen molar-refractivity contribution in [3.8, 4) is 0 Å². The number of aromatic nitrogens is 1. The third kappa shape index (κ3) is 2.74. The maximum absolute atomic E-state index is 10.9. The molecule has 3 rings (SSSR count). The van der Waals surface area contributed by atoms with Crippen LogP contribution in [0.15, 0.2) is 48.8 Å². The average molecular weight is 296 g/mol. The van der Waals surface area contributed by atoms with Crippen LogP contribution in [0.3, 0.4) is 0 Å². The molecule has 1 saturated heterocycles. The summed E-state index contributed by atoms with van der Waals surface area (Å²) >= 11 is 0. The number of carboxylic acid groups (broad SMARTS) is 1. The maximum Gasteiger partial charge on any atom is 0.335 e. The minimum atomic E-state index is -0.884. The molecule has 1 unspecified atom stereocenters. The van der Waals surface area contributed by atoms with E-state index in [4.69, 9.17) is 5.11 Å². The number of hydrogen-bond acceptors (Lipinski definition) is 3. The number of carboxylic acids is 1. The minimum absolute atomic E-state index is 0.226. The predicted octanol–water partition coefficient (Wildman–Crippen LogP) is 3.36.